The largest absolute Gasteiger partial charge is 0.439 e. The molecule has 5 nitrogen and oxygen atoms in total. The summed E-state index contributed by atoms with van der Waals surface area (Å²) in [5, 5.41) is 22.6. The highest BCUT2D eigenvalue weighted by Gasteiger charge is 2.17. The monoisotopic (exact) mass is 271 g/mol. The number of aliphatic hydroxyl groups excluding tert-OH is 1. The lowest BCUT2D eigenvalue weighted by Crippen LogP contribution is -2.00. The molecule has 5 heteroatoms. The smallest absolute Gasteiger partial charge is 0.221 e. The van der Waals surface area contributed by atoms with Gasteiger partial charge in [0, 0.05) is 12.1 Å². The molecule has 0 aliphatic rings. The quantitative estimate of drug-likeness (QED) is 0.907. The van der Waals surface area contributed by atoms with Crippen molar-refractivity contribution in [2.24, 2.45) is 0 Å². The third kappa shape index (κ3) is 2.65. The van der Waals surface area contributed by atoms with E-state index in [1.165, 1.54) is 0 Å². The normalized spacial score (nSPS) is 10.3. The lowest BCUT2D eigenvalue weighted by Gasteiger charge is -2.09. The van der Waals surface area contributed by atoms with Gasteiger partial charge in [0.1, 0.15) is 5.75 Å². The van der Waals surface area contributed by atoms with Gasteiger partial charge in [0.25, 0.3) is 0 Å². The second-order valence-electron chi connectivity index (χ2n) is 4.30. The van der Waals surface area contributed by atoms with Crippen LogP contribution in [0, 0.1) is 11.3 Å². The molecule has 0 spiro atoms. The first kappa shape index (κ1) is 14.1. The second-order valence-corrected chi connectivity index (χ2v) is 4.30. The Morgan fingerprint density at radius 2 is 2.20 bits per heavy atom. The number of aryl methyl sites for hydroxylation is 1. The second kappa shape index (κ2) is 6.22. The van der Waals surface area contributed by atoms with Crippen LogP contribution in [0.15, 0.2) is 24.3 Å². The van der Waals surface area contributed by atoms with Crippen LogP contribution in [0.25, 0.3) is 0 Å². The van der Waals surface area contributed by atoms with Crippen LogP contribution in [0.1, 0.15) is 30.7 Å². The van der Waals surface area contributed by atoms with Gasteiger partial charge in [-0.05, 0) is 31.5 Å². The molecule has 2 aromatic rings. The third-order valence-electron chi connectivity index (χ3n) is 3.06. The van der Waals surface area contributed by atoms with Gasteiger partial charge in [-0.25, -0.2) is 4.68 Å². The molecule has 0 bridgehead atoms. The van der Waals surface area contributed by atoms with Crippen LogP contribution >= 0.6 is 0 Å². The first-order valence-corrected chi connectivity index (χ1v) is 6.60. The molecule has 0 atom stereocenters. The van der Waals surface area contributed by atoms with Crippen molar-refractivity contribution in [1.82, 2.24) is 9.78 Å². The van der Waals surface area contributed by atoms with E-state index in [2.05, 4.69) is 11.2 Å². The lowest BCUT2D eigenvalue weighted by molar-refractivity contribution is 0.274. The number of hydrogen-bond donors (Lipinski definition) is 1. The summed E-state index contributed by atoms with van der Waals surface area (Å²) in [5.74, 6) is 1.23. The van der Waals surface area contributed by atoms with E-state index in [1.54, 1.807) is 28.9 Å². The highest BCUT2D eigenvalue weighted by atomic mass is 16.5. The Balaban J connectivity index is 2.41. The predicted octanol–water partition coefficient (Wildman–Crippen LogP) is 2.62. The third-order valence-corrected chi connectivity index (χ3v) is 3.06. The summed E-state index contributed by atoms with van der Waals surface area (Å²) < 4.78 is 7.61. The van der Waals surface area contributed by atoms with E-state index in [1.807, 2.05) is 13.8 Å². The molecule has 1 N–H and O–H groups in total. The van der Waals surface area contributed by atoms with E-state index in [4.69, 9.17) is 10.00 Å². The van der Waals surface area contributed by atoms with Crippen molar-refractivity contribution in [2.45, 2.75) is 33.4 Å². The van der Waals surface area contributed by atoms with Crippen molar-refractivity contribution in [3.8, 4) is 17.7 Å². The van der Waals surface area contributed by atoms with Crippen molar-refractivity contribution >= 4 is 0 Å². The van der Waals surface area contributed by atoms with Crippen molar-refractivity contribution in [3.63, 3.8) is 0 Å². The van der Waals surface area contributed by atoms with Crippen molar-refractivity contribution in [3.05, 3.63) is 41.1 Å². The minimum absolute atomic E-state index is 0.106. The Hall–Kier alpha value is -2.32. The topological polar surface area (TPSA) is 71.1 Å². The standard InChI is InChI=1S/C15H17N3O2/c1-3-13-14(10-19)17-18(4-2)15(13)20-12-7-5-6-11(8-12)9-16/h5-8,19H,3-4,10H2,1-2H3. The minimum atomic E-state index is -0.106. The molecule has 0 amide bonds. The Morgan fingerprint density at radius 1 is 1.40 bits per heavy atom. The Labute approximate surface area is 118 Å². The van der Waals surface area contributed by atoms with Gasteiger partial charge in [-0.3, -0.25) is 0 Å². The average molecular weight is 271 g/mol. The summed E-state index contributed by atoms with van der Waals surface area (Å²) >= 11 is 0. The van der Waals surface area contributed by atoms with Gasteiger partial charge >= 0.3 is 0 Å². The molecule has 1 heterocycles. The Kier molecular flexibility index (Phi) is 4.38. The number of benzene rings is 1. The number of ether oxygens (including phenoxy) is 1. The summed E-state index contributed by atoms with van der Waals surface area (Å²) in [4.78, 5) is 0. The fourth-order valence-corrected chi connectivity index (χ4v) is 2.08. The van der Waals surface area contributed by atoms with Crippen molar-refractivity contribution in [1.29, 1.82) is 5.26 Å². The van der Waals surface area contributed by atoms with E-state index >= 15 is 0 Å². The number of rotatable bonds is 5. The molecular formula is C15H17N3O2. The van der Waals surface area contributed by atoms with Gasteiger partial charge < -0.3 is 9.84 Å². The average Bonchev–Trinajstić information content (AvgIpc) is 2.84. The molecule has 0 unspecified atom stereocenters. The maximum atomic E-state index is 9.36. The van der Waals surface area contributed by atoms with E-state index in [-0.39, 0.29) is 6.61 Å². The SMILES string of the molecule is CCc1c(CO)nn(CC)c1Oc1cccc(C#N)c1. The van der Waals surface area contributed by atoms with Crippen LogP contribution in [0.5, 0.6) is 11.6 Å². The first-order chi connectivity index (χ1) is 9.73. The molecule has 1 aromatic carbocycles. The van der Waals surface area contributed by atoms with Crippen molar-refractivity contribution in [2.75, 3.05) is 0 Å². The number of aromatic nitrogens is 2. The first-order valence-electron chi connectivity index (χ1n) is 6.60. The maximum absolute atomic E-state index is 9.36. The van der Waals surface area contributed by atoms with Crippen LogP contribution in [0.3, 0.4) is 0 Å². The summed E-state index contributed by atoms with van der Waals surface area (Å²) in [7, 11) is 0. The molecule has 0 saturated heterocycles. The molecule has 2 rings (SSSR count). The van der Waals surface area contributed by atoms with E-state index < -0.39 is 0 Å². The number of aliphatic hydroxyl groups is 1. The summed E-state index contributed by atoms with van der Waals surface area (Å²) in [5.41, 5.74) is 2.09. The predicted molar refractivity (Wildman–Crippen MR) is 74.4 cm³/mol. The van der Waals surface area contributed by atoms with Gasteiger partial charge in [0.2, 0.25) is 5.88 Å². The molecule has 0 radical (unpaired) electrons. The summed E-state index contributed by atoms with van der Waals surface area (Å²) in [6.45, 7) is 4.51. The van der Waals surface area contributed by atoms with Gasteiger partial charge in [0.05, 0.1) is 23.9 Å². The maximum Gasteiger partial charge on any atom is 0.221 e. The van der Waals surface area contributed by atoms with E-state index in [0.717, 1.165) is 12.0 Å². The zero-order chi connectivity index (χ0) is 14.5. The molecular weight excluding hydrogens is 254 g/mol. The highest BCUT2D eigenvalue weighted by molar-refractivity contribution is 5.40. The van der Waals surface area contributed by atoms with Crippen LogP contribution in [0.4, 0.5) is 0 Å². The molecule has 20 heavy (non-hydrogen) atoms. The van der Waals surface area contributed by atoms with Gasteiger partial charge in [-0.2, -0.15) is 10.4 Å². The molecule has 0 fully saturated rings. The number of nitriles is 1. The Morgan fingerprint density at radius 3 is 2.80 bits per heavy atom. The fourth-order valence-electron chi connectivity index (χ4n) is 2.08. The van der Waals surface area contributed by atoms with E-state index in [9.17, 15) is 5.11 Å². The fraction of sp³-hybridized carbons (Fsp3) is 0.333. The van der Waals surface area contributed by atoms with Crippen molar-refractivity contribution < 1.29 is 9.84 Å². The van der Waals surface area contributed by atoms with Crippen LogP contribution in [0.2, 0.25) is 0 Å². The van der Waals surface area contributed by atoms with Crippen LogP contribution in [-0.2, 0) is 19.6 Å². The summed E-state index contributed by atoms with van der Waals surface area (Å²) in [6.07, 6.45) is 0.725. The minimum Gasteiger partial charge on any atom is -0.439 e. The molecule has 1 aromatic heterocycles. The molecule has 0 aliphatic heterocycles. The van der Waals surface area contributed by atoms with Gasteiger partial charge in [-0.15, -0.1) is 0 Å². The highest BCUT2D eigenvalue weighted by Crippen LogP contribution is 2.29. The van der Waals surface area contributed by atoms with Gasteiger partial charge in [0.15, 0.2) is 0 Å². The number of nitrogens with zero attached hydrogens (tertiary/aromatic N) is 3. The van der Waals surface area contributed by atoms with Crippen LogP contribution < -0.4 is 4.74 Å². The summed E-state index contributed by atoms with van der Waals surface area (Å²) in [6, 6.07) is 9.07. The van der Waals surface area contributed by atoms with Gasteiger partial charge in [-0.1, -0.05) is 13.0 Å². The Bertz CT molecular complexity index is 641. The molecule has 0 aliphatic carbocycles. The van der Waals surface area contributed by atoms with Crippen LogP contribution in [-0.4, -0.2) is 14.9 Å². The van der Waals surface area contributed by atoms with E-state index in [0.29, 0.717) is 29.4 Å². The zero-order valence-corrected chi connectivity index (χ0v) is 11.6. The molecule has 0 saturated carbocycles. The number of hydrogen-bond acceptors (Lipinski definition) is 4. The lowest BCUT2D eigenvalue weighted by atomic mass is 10.2. The zero-order valence-electron chi connectivity index (χ0n) is 11.6. The molecule has 104 valence electrons.